The lowest BCUT2D eigenvalue weighted by Gasteiger charge is -2.27. The molecule has 0 aromatic rings. The summed E-state index contributed by atoms with van der Waals surface area (Å²) in [5.41, 5.74) is -0.698. The Bertz CT molecular complexity index is 268. The summed E-state index contributed by atoms with van der Waals surface area (Å²) < 4.78 is 4.64. The Labute approximate surface area is 64.9 Å². The molecule has 2 saturated carbocycles. The van der Waals surface area contributed by atoms with E-state index in [1.165, 1.54) is 7.11 Å². The van der Waals surface area contributed by atoms with Gasteiger partial charge in [-0.25, -0.2) is 0 Å². The summed E-state index contributed by atoms with van der Waals surface area (Å²) in [6.45, 7) is 0. The van der Waals surface area contributed by atoms with E-state index in [1.54, 1.807) is 0 Å². The summed E-state index contributed by atoms with van der Waals surface area (Å²) in [5.74, 6) is -0.190. The molecule has 3 nitrogen and oxygen atoms in total. The molecular formula is C8H9NO2. The number of methoxy groups -OCH3 is 1. The second-order valence-electron chi connectivity index (χ2n) is 3.44. The second-order valence-corrected chi connectivity index (χ2v) is 3.44. The van der Waals surface area contributed by atoms with Crippen molar-refractivity contribution in [2.45, 2.75) is 19.3 Å². The molecule has 2 unspecified atom stereocenters. The molecule has 0 aliphatic heterocycles. The minimum absolute atomic E-state index is 0.190. The number of ether oxygens (including phenoxy) is 1. The molecule has 0 aromatic heterocycles. The van der Waals surface area contributed by atoms with Crippen molar-refractivity contribution in [3.8, 4) is 6.07 Å². The van der Waals surface area contributed by atoms with E-state index in [4.69, 9.17) is 5.26 Å². The van der Waals surface area contributed by atoms with Gasteiger partial charge in [-0.2, -0.15) is 5.26 Å². The van der Waals surface area contributed by atoms with Crippen LogP contribution in [-0.4, -0.2) is 13.1 Å². The number of hydrogen-bond donors (Lipinski definition) is 0. The van der Waals surface area contributed by atoms with E-state index < -0.39 is 0 Å². The Morgan fingerprint density at radius 3 is 2.64 bits per heavy atom. The quantitative estimate of drug-likeness (QED) is 0.522. The van der Waals surface area contributed by atoms with E-state index in [0.717, 1.165) is 19.3 Å². The topological polar surface area (TPSA) is 50.1 Å². The zero-order valence-electron chi connectivity index (χ0n) is 6.39. The maximum Gasteiger partial charge on any atom is 0.313 e. The van der Waals surface area contributed by atoms with Gasteiger partial charge in [-0.3, -0.25) is 4.79 Å². The number of nitrogens with zero attached hydrogens (tertiary/aromatic N) is 1. The Balaban J connectivity index is 2.20. The molecule has 0 aromatic carbocycles. The van der Waals surface area contributed by atoms with Crippen LogP contribution in [-0.2, 0) is 9.53 Å². The molecule has 0 radical (unpaired) electrons. The highest BCUT2D eigenvalue weighted by Crippen LogP contribution is 2.77. The van der Waals surface area contributed by atoms with Crippen molar-refractivity contribution in [2.24, 2.45) is 10.8 Å². The van der Waals surface area contributed by atoms with Crippen molar-refractivity contribution >= 4 is 5.97 Å². The maximum atomic E-state index is 11.1. The van der Waals surface area contributed by atoms with Crippen LogP contribution >= 0.6 is 0 Å². The van der Waals surface area contributed by atoms with Crippen molar-refractivity contribution in [1.29, 1.82) is 5.26 Å². The van der Waals surface area contributed by atoms with Gasteiger partial charge in [0.15, 0.2) is 0 Å². The number of esters is 1. The number of hydrogen-bond acceptors (Lipinski definition) is 3. The van der Waals surface area contributed by atoms with Crippen LogP contribution in [0.1, 0.15) is 19.3 Å². The Hall–Kier alpha value is -1.04. The summed E-state index contributed by atoms with van der Waals surface area (Å²) >= 11 is 0. The zero-order valence-corrected chi connectivity index (χ0v) is 6.39. The van der Waals surface area contributed by atoms with E-state index >= 15 is 0 Å². The molecule has 0 amide bonds. The molecule has 0 saturated heterocycles. The van der Waals surface area contributed by atoms with Gasteiger partial charge in [-0.05, 0) is 19.3 Å². The predicted octanol–water partition coefficient (Wildman–Crippen LogP) is 0.853. The van der Waals surface area contributed by atoms with E-state index in [-0.39, 0.29) is 16.8 Å². The third-order valence-electron chi connectivity index (χ3n) is 3.16. The van der Waals surface area contributed by atoms with Crippen molar-refractivity contribution < 1.29 is 9.53 Å². The van der Waals surface area contributed by atoms with Crippen LogP contribution in [0.3, 0.4) is 0 Å². The third kappa shape index (κ3) is 0.484. The van der Waals surface area contributed by atoms with Gasteiger partial charge >= 0.3 is 5.97 Å². The summed E-state index contributed by atoms with van der Waals surface area (Å²) in [6.07, 6.45) is 2.44. The lowest BCUT2D eigenvalue weighted by molar-refractivity contribution is -0.151. The lowest BCUT2D eigenvalue weighted by atomic mass is 9.75. The van der Waals surface area contributed by atoms with Gasteiger partial charge in [0.2, 0.25) is 0 Å². The van der Waals surface area contributed by atoms with Crippen LogP contribution in [0.15, 0.2) is 0 Å². The number of carbonyl (C=O) groups is 1. The molecule has 0 spiro atoms. The number of carbonyl (C=O) groups excluding carboxylic acids is 1. The number of nitriles is 1. The third-order valence-corrected chi connectivity index (χ3v) is 3.16. The largest absolute Gasteiger partial charge is 0.469 e. The van der Waals surface area contributed by atoms with Crippen LogP contribution in [0.2, 0.25) is 0 Å². The van der Waals surface area contributed by atoms with Crippen LogP contribution in [0.4, 0.5) is 0 Å². The lowest BCUT2D eigenvalue weighted by Crippen LogP contribution is -2.32. The minimum Gasteiger partial charge on any atom is -0.469 e. The second kappa shape index (κ2) is 1.58. The Morgan fingerprint density at radius 1 is 1.64 bits per heavy atom. The van der Waals surface area contributed by atoms with Gasteiger partial charge in [-0.15, -0.1) is 0 Å². The van der Waals surface area contributed by atoms with Crippen molar-refractivity contribution in [2.75, 3.05) is 7.11 Å². The Morgan fingerprint density at radius 2 is 2.36 bits per heavy atom. The fourth-order valence-corrected chi connectivity index (χ4v) is 2.14. The van der Waals surface area contributed by atoms with Crippen LogP contribution in [0.5, 0.6) is 0 Å². The zero-order chi connectivity index (χ0) is 8.11. The fourth-order valence-electron chi connectivity index (χ4n) is 2.14. The first-order valence-corrected chi connectivity index (χ1v) is 3.70. The van der Waals surface area contributed by atoms with Crippen LogP contribution in [0, 0.1) is 22.2 Å². The summed E-state index contributed by atoms with van der Waals surface area (Å²) in [6, 6.07) is 2.21. The van der Waals surface area contributed by atoms with Crippen molar-refractivity contribution in [3.63, 3.8) is 0 Å². The van der Waals surface area contributed by atoms with Gasteiger partial charge in [-0.1, -0.05) is 0 Å². The average Bonchev–Trinajstić information content (AvgIpc) is 2.50. The molecule has 0 heterocycles. The first kappa shape index (κ1) is 6.66. The average molecular weight is 151 g/mol. The first-order valence-electron chi connectivity index (χ1n) is 3.70. The monoisotopic (exact) mass is 151 g/mol. The maximum absolute atomic E-state index is 11.1. The molecule has 11 heavy (non-hydrogen) atoms. The van der Waals surface area contributed by atoms with E-state index in [2.05, 4.69) is 10.8 Å². The molecule has 2 atom stereocenters. The molecular weight excluding hydrogens is 142 g/mol. The highest BCUT2D eigenvalue weighted by Gasteiger charge is 2.79. The Kier molecular flexibility index (Phi) is 0.956. The molecule has 0 N–H and O–H groups in total. The molecule has 3 heteroatoms. The highest BCUT2D eigenvalue weighted by molar-refractivity contribution is 5.84. The molecule has 2 aliphatic rings. The standard InChI is InChI=1S/C8H9NO2/c1-11-6(10)8-3-2-7(8,4-8)5-9/h2-4H2,1H3. The minimum atomic E-state index is -0.378. The molecule has 2 rings (SSSR count). The SMILES string of the molecule is COC(=O)C12CCC1(C#N)C2. The smallest absolute Gasteiger partial charge is 0.313 e. The van der Waals surface area contributed by atoms with Gasteiger partial charge in [0.05, 0.1) is 24.0 Å². The van der Waals surface area contributed by atoms with Gasteiger partial charge in [0.25, 0.3) is 0 Å². The van der Waals surface area contributed by atoms with Crippen LogP contribution in [0.25, 0.3) is 0 Å². The molecule has 0 bridgehead atoms. The van der Waals surface area contributed by atoms with Gasteiger partial charge < -0.3 is 4.74 Å². The van der Waals surface area contributed by atoms with Gasteiger partial charge in [0.1, 0.15) is 0 Å². The molecule has 2 aliphatic carbocycles. The summed E-state index contributed by atoms with van der Waals surface area (Å²) in [4.78, 5) is 11.1. The normalized spacial score (nSPS) is 44.7. The summed E-state index contributed by atoms with van der Waals surface area (Å²) in [5, 5.41) is 8.74. The van der Waals surface area contributed by atoms with E-state index in [1.807, 2.05) is 0 Å². The number of rotatable bonds is 1. The predicted molar refractivity (Wildman–Crippen MR) is 36.3 cm³/mol. The highest BCUT2D eigenvalue weighted by atomic mass is 16.5. The van der Waals surface area contributed by atoms with E-state index in [9.17, 15) is 4.79 Å². The van der Waals surface area contributed by atoms with E-state index in [0.29, 0.717) is 0 Å². The molecule has 58 valence electrons. The van der Waals surface area contributed by atoms with Crippen molar-refractivity contribution in [1.82, 2.24) is 0 Å². The molecule has 2 fully saturated rings. The van der Waals surface area contributed by atoms with Gasteiger partial charge in [0, 0.05) is 0 Å². The summed E-state index contributed by atoms with van der Waals surface area (Å²) in [7, 11) is 1.38. The van der Waals surface area contributed by atoms with Crippen LogP contribution < -0.4 is 0 Å². The van der Waals surface area contributed by atoms with Crippen molar-refractivity contribution in [3.05, 3.63) is 0 Å². The fraction of sp³-hybridized carbons (Fsp3) is 0.750. The number of fused-ring (bicyclic) bond motifs is 1. The first-order chi connectivity index (χ1) is 5.21.